The summed E-state index contributed by atoms with van der Waals surface area (Å²) >= 11 is 0. The minimum absolute atomic E-state index is 0.120. The lowest BCUT2D eigenvalue weighted by atomic mass is 10.2. The average Bonchev–Trinajstić information content (AvgIpc) is 2.05. The van der Waals surface area contributed by atoms with Crippen LogP contribution in [0, 0.1) is 0 Å². The molecule has 0 aliphatic heterocycles. The Bertz CT molecular complexity index is 273. The number of hydrazine groups is 1. The molecule has 1 rings (SSSR count). The molecular weight excluding hydrogens is 144 g/mol. The highest BCUT2D eigenvalue weighted by Crippen LogP contribution is 2.24. The standard InChI is InChI=1S/C7H8N2O2/c8-9-6-3-1-2-5(4-10)7(6)11/h1-4,9,11H,8H2. The van der Waals surface area contributed by atoms with Gasteiger partial charge in [0.2, 0.25) is 0 Å². The molecule has 0 unspecified atom stereocenters. The van der Waals surface area contributed by atoms with Gasteiger partial charge >= 0.3 is 0 Å². The van der Waals surface area contributed by atoms with Crippen LogP contribution in [-0.4, -0.2) is 11.4 Å². The lowest BCUT2D eigenvalue weighted by Crippen LogP contribution is -2.07. The predicted octanol–water partition coefficient (Wildman–Crippen LogP) is 0.490. The molecule has 4 N–H and O–H groups in total. The van der Waals surface area contributed by atoms with Crippen molar-refractivity contribution >= 4 is 12.0 Å². The van der Waals surface area contributed by atoms with Crippen molar-refractivity contribution in [1.82, 2.24) is 0 Å². The Morgan fingerprint density at radius 1 is 1.55 bits per heavy atom. The molecule has 0 atom stereocenters. The first-order valence-electron chi connectivity index (χ1n) is 3.03. The number of para-hydroxylation sites is 1. The second-order valence-electron chi connectivity index (χ2n) is 2.01. The van der Waals surface area contributed by atoms with E-state index in [1.54, 1.807) is 12.1 Å². The van der Waals surface area contributed by atoms with Crippen LogP contribution in [0.2, 0.25) is 0 Å². The van der Waals surface area contributed by atoms with Gasteiger partial charge in [0.1, 0.15) is 5.75 Å². The zero-order valence-electron chi connectivity index (χ0n) is 5.74. The van der Waals surface area contributed by atoms with E-state index in [-0.39, 0.29) is 11.3 Å². The highest BCUT2D eigenvalue weighted by Gasteiger charge is 2.02. The first kappa shape index (κ1) is 7.56. The fourth-order valence-electron chi connectivity index (χ4n) is 0.773. The maximum Gasteiger partial charge on any atom is 0.153 e. The van der Waals surface area contributed by atoms with Crippen LogP contribution in [0.4, 0.5) is 5.69 Å². The molecule has 11 heavy (non-hydrogen) atoms. The van der Waals surface area contributed by atoms with Gasteiger partial charge in [0.15, 0.2) is 6.29 Å². The third kappa shape index (κ3) is 1.30. The van der Waals surface area contributed by atoms with Crippen molar-refractivity contribution in [3.63, 3.8) is 0 Å². The third-order valence-corrected chi connectivity index (χ3v) is 1.35. The van der Waals surface area contributed by atoms with Crippen molar-refractivity contribution in [2.75, 3.05) is 5.43 Å². The van der Waals surface area contributed by atoms with Crippen LogP contribution < -0.4 is 11.3 Å². The van der Waals surface area contributed by atoms with Crippen molar-refractivity contribution in [1.29, 1.82) is 0 Å². The number of carbonyl (C=O) groups is 1. The van der Waals surface area contributed by atoms with E-state index >= 15 is 0 Å². The van der Waals surface area contributed by atoms with E-state index in [4.69, 9.17) is 5.84 Å². The molecule has 0 saturated heterocycles. The Morgan fingerprint density at radius 3 is 2.82 bits per heavy atom. The molecule has 58 valence electrons. The van der Waals surface area contributed by atoms with Crippen molar-refractivity contribution in [2.24, 2.45) is 5.84 Å². The Kier molecular flexibility index (Phi) is 2.08. The Morgan fingerprint density at radius 2 is 2.27 bits per heavy atom. The predicted molar refractivity (Wildman–Crippen MR) is 41.3 cm³/mol. The maximum absolute atomic E-state index is 10.3. The molecule has 0 heterocycles. The van der Waals surface area contributed by atoms with E-state index in [0.717, 1.165) is 0 Å². The van der Waals surface area contributed by atoms with Crippen LogP contribution in [0.15, 0.2) is 18.2 Å². The number of rotatable bonds is 2. The Balaban J connectivity index is 3.20. The van der Waals surface area contributed by atoms with E-state index < -0.39 is 0 Å². The fraction of sp³-hybridized carbons (Fsp3) is 0. The van der Waals surface area contributed by atoms with Crippen LogP contribution in [0.25, 0.3) is 0 Å². The number of benzene rings is 1. The van der Waals surface area contributed by atoms with Gasteiger partial charge in [-0.05, 0) is 12.1 Å². The van der Waals surface area contributed by atoms with Crippen LogP contribution in [0.1, 0.15) is 10.4 Å². The van der Waals surface area contributed by atoms with E-state index in [9.17, 15) is 9.90 Å². The smallest absolute Gasteiger partial charge is 0.153 e. The number of nitrogens with one attached hydrogen (secondary N) is 1. The van der Waals surface area contributed by atoms with Crippen LogP contribution in [0.3, 0.4) is 0 Å². The monoisotopic (exact) mass is 152 g/mol. The minimum atomic E-state index is -0.120. The van der Waals surface area contributed by atoms with E-state index in [0.29, 0.717) is 12.0 Å². The summed E-state index contributed by atoms with van der Waals surface area (Å²) in [4.78, 5) is 10.3. The first-order valence-corrected chi connectivity index (χ1v) is 3.03. The second-order valence-corrected chi connectivity index (χ2v) is 2.01. The molecule has 0 fully saturated rings. The SMILES string of the molecule is NNc1cccc(C=O)c1O. The largest absolute Gasteiger partial charge is 0.505 e. The normalized spacial score (nSPS) is 9.18. The van der Waals surface area contributed by atoms with Gasteiger partial charge in [0.05, 0.1) is 11.3 Å². The number of carbonyl (C=O) groups excluding carboxylic acids is 1. The number of aldehydes is 1. The quantitative estimate of drug-likeness (QED) is 0.249. The van der Waals surface area contributed by atoms with Gasteiger partial charge in [-0.3, -0.25) is 10.6 Å². The number of hydrogen-bond donors (Lipinski definition) is 3. The van der Waals surface area contributed by atoms with Crippen molar-refractivity contribution < 1.29 is 9.90 Å². The summed E-state index contributed by atoms with van der Waals surface area (Å²) in [5.41, 5.74) is 2.83. The van der Waals surface area contributed by atoms with E-state index in [1.807, 2.05) is 0 Å². The Hall–Kier alpha value is -1.55. The fourth-order valence-corrected chi connectivity index (χ4v) is 0.773. The molecule has 1 aromatic carbocycles. The zero-order chi connectivity index (χ0) is 8.27. The summed E-state index contributed by atoms with van der Waals surface area (Å²) in [5, 5.41) is 9.22. The summed E-state index contributed by atoms with van der Waals surface area (Å²) in [5.74, 6) is 4.93. The number of nitrogen functional groups attached to an aromatic ring is 1. The highest BCUT2D eigenvalue weighted by molar-refractivity contribution is 5.83. The summed E-state index contributed by atoms with van der Waals surface area (Å²) in [7, 11) is 0. The topological polar surface area (TPSA) is 75.3 Å². The molecule has 0 amide bonds. The molecule has 1 aromatic rings. The van der Waals surface area contributed by atoms with Gasteiger partial charge in [-0.25, -0.2) is 0 Å². The summed E-state index contributed by atoms with van der Waals surface area (Å²) in [6.45, 7) is 0. The van der Waals surface area contributed by atoms with Crippen molar-refractivity contribution in [3.05, 3.63) is 23.8 Å². The highest BCUT2D eigenvalue weighted by atomic mass is 16.3. The third-order valence-electron chi connectivity index (χ3n) is 1.35. The number of aromatic hydroxyl groups is 1. The average molecular weight is 152 g/mol. The van der Waals surface area contributed by atoms with Crippen LogP contribution in [0.5, 0.6) is 5.75 Å². The molecular formula is C7H8N2O2. The number of hydrogen-bond acceptors (Lipinski definition) is 4. The molecule has 0 saturated carbocycles. The molecule has 0 aliphatic carbocycles. The minimum Gasteiger partial charge on any atom is -0.505 e. The van der Waals surface area contributed by atoms with E-state index in [1.165, 1.54) is 6.07 Å². The number of anilines is 1. The van der Waals surface area contributed by atoms with Gasteiger partial charge in [-0.1, -0.05) is 6.07 Å². The zero-order valence-corrected chi connectivity index (χ0v) is 5.74. The van der Waals surface area contributed by atoms with Crippen LogP contribution in [-0.2, 0) is 0 Å². The van der Waals surface area contributed by atoms with Gasteiger partial charge in [0, 0.05) is 0 Å². The second kappa shape index (κ2) is 3.03. The van der Waals surface area contributed by atoms with Crippen LogP contribution >= 0.6 is 0 Å². The maximum atomic E-state index is 10.3. The summed E-state index contributed by atoms with van der Waals surface area (Å²) in [6, 6.07) is 4.70. The molecule has 0 aromatic heterocycles. The summed E-state index contributed by atoms with van der Waals surface area (Å²) in [6.07, 6.45) is 0.566. The van der Waals surface area contributed by atoms with E-state index in [2.05, 4.69) is 5.43 Å². The first-order chi connectivity index (χ1) is 5.29. The Labute approximate surface area is 63.6 Å². The molecule has 0 bridgehead atoms. The lowest BCUT2D eigenvalue weighted by molar-refractivity contribution is 0.112. The van der Waals surface area contributed by atoms with Crippen molar-refractivity contribution in [3.8, 4) is 5.75 Å². The molecule has 4 heteroatoms. The van der Waals surface area contributed by atoms with Gasteiger partial charge in [0.25, 0.3) is 0 Å². The van der Waals surface area contributed by atoms with Gasteiger partial charge in [-0.2, -0.15) is 0 Å². The molecule has 0 spiro atoms. The molecule has 4 nitrogen and oxygen atoms in total. The van der Waals surface area contributed by atoms with Crippen molar-refractivity contribution in [2.45, 2.75) is 0 Å². The molecule has 0 aliphatic rings. The number of phenols is 1. The number of phenolic OH excluding ortho intramolecular Hbond substituents is 1. The summed E-state index contributed by atoms with van der Waals surface area (Å²) < 4.78 is 0. The van der Waals surface area contributed by atoms with Gasteiger partial charge < -0.3 is 10.5 Å². The molecule has 0 radical (unpaired) electrons. The lowest BCUT2D eigenvalue weighted by Gasteiger charge is -2.03. The van der Waals surface area contributed by atoms with Gasteiger partial charge in [-0.15, -0.1) is 0 Å². The number of nitrogens with two attached hydrogens (primary N) is 1.